The summed E-state index contributed by atoms with van der Waals surface area (Å²) < 4.78 is 0. The molecular formula is C14H22N2O2. The lowest BCUT2D eigenvalue weighted by atomic mass is 10.0. The van der Waals surface area contributed by atoms with E-state index in [0.717, 1.165) is 12.8 Å². The summed E-state index contributed by atoms with van der Waals surface area (Å²) in [4.78, 5) is 15.2. The molecule has 4 nitrogen and oxygen atoms in total. The van der Waals surface area contributed by atoms with Crippen molar-refractivity contribution in [2.24, 2.45) is 5.92 Å². The minimum Gasteiger partial charge on any atom is -0.478 e. The normalized spacial score (nSPS) is 14.2. The maximum absolute atomic E-state index is 11.0. The number of nitrogens with one attached hydrogen (secondary N) is 1. The molecule has 0 fully saturated rings. The lowest BCUT2D eigenvalue weighted by Gasteiger charge is -2.17. The first-order valence-corrected chi connectivity index (χ1v) is 6.45. The van der Waals surface area contributed by atoms with E-state index in [1.807, 2.05) is 0 Å². The maximum Gasteiger partial charge on any atom is 0.337 e. The molecule has 0 aliphatic heterocycles. The van der Waals surface area contributed by atoms with Gasteiger partial charge in [-0.2, -0.15) is 0 Å². The summed E-state index contributed by atoms with van der Waals surface area (Å²) in [7, 11) is 0. The van der Waals surface area contributed by atoms with Gasteiger partial charge in [-0.15, -0.1) is 0 Å². The van der Waals surface area contributed by atoms with Crippen molar-refractivity contribution >= 4 is 5.97 Å². The van der Waals surface area contributed by atoms with Crippen LogP contribution in [0.25, 0.3) is 0 Å². The summed E-state index contributed by atoms with van der Waals surface area (Å²) in [5, 5.41) is 12.4. The Morgan fingerprint density at radius 2 is 2.22 bits per heavy atom. The van der Waals surface area contributed by atoms with Crippen LogP contribution in [0.5, 0.6) is 0 Å². The van der Waals surface area contributed by atoms with Crippen molar-refractivity contribution in [3.05, 3.63) is 29.6 Å². The smallest absolute Gasteiger partial charge is 0.337 e. The Hall–Kier alpha value is -1.42. The molecule has 0 aliphatic carbocycles. The highest BCUT2D eigenvalue weighted by atomic mass is 16.4. The van der Waals surface area contributed by atoms with Gasteiger partial charge in [-0.3, -0.25) is 4.98 Å². The van der Waals surface area contributed by atoms with E-state index in [4.69, 9.17) is 5.11 Å². The average Bonchev–Trinajstić information content (AvgIpc) is 2.36. The van der Waals surface area contributed by atoms with E-state index in [0.29, 0.717) is 24.2 Å². The van der Waals surface area contributed by atoms with Crippen LogP contribution < -0.4 is 5.32 Å². The van der Waals surface area contributed by atoms with Crippen molar-refractivity contribution in [1.29, 1.82) is 0 Å². The number of hydrogen-bond donors (Lipinski definition) is 2. The largest absolute Gasteiger partial charge is 0.478 e. The predicted molar refractivity (Wildman–Crippen MR) is 71.6 cm³/mol. The Bertz CT molecular complexity index is 393. The fourth-order valence-electron chi connectivity index (χ4n) is 1.90. The highest BCUT2D eigenvalue weighted by molar-refractivity contribution is 5.88. The molecule has 18 heavy (non-hydrogen) atoms. The summed E-state index contributed by atoms with van der Waals surface area (Å²) >= 11 is 0. The van der Waals surface area contributed by atoms with Crippen molar-refractivity contribution in [3.8, 4) is 0 Å². The second-order valence-corrected chi connectivity index (χ2v) is 4.83. The second-order valence-electron chi connectivity index (χ2n) is 4.83. The fraction of sp³-hybridized carbons (Fsp3) is 0.571. The maximum atomic E-state index is 11.0. The van der Waals surface area contributed by atoms with Gasteiger partial charge in [0.05, 0.1) is 11.3 Å². The van der Waals surface area contributed by atoms with E-state index in [-0.39, 0.29) is 5.56 Å². The summed E-state index contributed by atoms with van der Waals surface area (Å²) in [6.07, 6.45) is 3.88. The molecule has 100 valence electrons. The molecule has 0 amide bonds. The van der Waals surface area contributed by atoms with Crippen molar-refractivity contribution in [3.63, 3.8) is 0 Å². The first kappa shape index (κ1) is 14.6. The Kier molecular flexibility index (Phi) is 5.78. The molecule has 4 heteroatoms. The van der Waals surface area contributed by atoms with Gasteiger partial charge in [-0.1, -0.05) is 20.3 Å². The Labute approximate surface area is 108 Å². The second kappa shape index (κ2) is 7.11. The van der Waals surface area contributed by atoms with E-state index in [1.165, 1.54) is 0 Å². The number of nitrogens with zero attached hydrogens (tertiary/aromatic N) is 1. The summed E-state index contributed by atoms with van der Waals surface area (Å²) in [6.45, 7) is 7.02. The molecule has 0 spiro atoms. The summed E-state index contributed by atoms with van der Waals surface area (Å²) in [6, 6.07) is 3.60. The lowest BCUT2D eigenvalue weighted by Crippen LogP contribution is -2.28. The van der Waals surface area contributed by atoms with E-state index in [9.17, 15) is 4.79 Å². The number of pyridine rings is 1. The van der Waals surface area contributed by atoms with Crippen molar-refractivity contribution in [1.82, 2.24) is 10.3 Å². The third-order valence-corrected chi connectivity index (χ3v) is 3.19. The van der Waals surface area contributed by atoms with Gasteiger partial charge in [-0.25, -0.2) is 4.79 Å². The van der Waals surface area contributed by atoms with Crippen LogP contribution in [0.1, 0.15) is 49.7 Å². The minimum absolute atomic E-state index is 0.278. The Morgan fingerprint density at radius 1 is 1.50 bits per heavy atom. The van der Waals surface area contributed by atoms with Gasteiger partial charge in [0.1, 0.15) is 0 Å². The van der Waals surface area contributed by atoms with Crippen LogP contribution in [0.3, 0.4) is 0 Å². The first-order chi connectivity index (χ1) is 8.54. The van der Waals surface area contributed by atoms with Crippen LogP contribution in [-0.4, -0.2) is 22.1 Å². The van der Waals surface area contributed by atoms with Gasteiger partial charge in [0, 0.05) is 18.8 Å². The molecule has 2 N–H and O–H groups in total. The minimum atomic E-state index is -0.922. The van der Waals surface area contributed by atoms with Crippen LogP contribution in [0.2, 0.25) is 0 Å². The van der Waals surface area contributed by atoms with Gasteiger partial charge in [0.25, 0.3) is 0 Å². The fourth-order valence-corrected chi connectivity index (χ4v) is 1.90. The molecule has 0 radical (unpaired) electrons. The molecule has 0 bridgehead atoms. The average molecular weight is 250 g/mol. The lowest BCUT2D eigenvalue weighted by molar-refractivity contribution is 0.0695. The monoisotopic (exact) mass is 250 g/mol. The molecule has 2 unspecified atom stereocenters. The molecule has 2 atom stereocenters. The third-order valence-electron chi connectivity index (χ3n) is 3.19. The number of aromatic carboxylic acids is 1. The van der Waals surface area contributed by atoms with Gasteiger partial charge >= 0.3 is 5.97 Å². The van der Waals surface area contributed by atoms with E-state index < -0.39 is 5.97 Å². The molecule has 0 saturated heterocycles. The molecular weight excluding hydrogens is 228 g/mol. The first-order valence-electron chi connectivity index (χ1n) is 6.45. The zero-order chi connectivity index (χ0) is 13.5. The molecule has 0 aromatic carbocycles. The van der Waals surface area contributed by atoms with E-state index in [2.05, 4.69) is 31.1 Å². The Morgan fingerprint density at radius 3 is 2.83 bits per heavy atom. The third kappa shape index (κ3) is 4.45. The van der Waals surface area contributed by atoms with Crippen LogP contribution in [0, 0.1) is 5.92 Å². The quantitative estimate of drug-likeness (QED) is 0.781. The molecule has 1 rings (SSSR count). The van der Waals surface area contributed by atoms with Crippen LogP contribution >= 0.6 is 0 Å². The van der Waals surface area contributed by atoms with E-state index >= 15 is 0 Å². The van der Waals surface area contributed by atoms with Crippen LogP contribution in [0.15, 0.2) is 18.3 Å². The van der Waals surface area contributed by atoms with Crippen molar-refractivity contribution in [2.75, 3.05) is 0 Å². The highest BCUT2D eigenvalue weighted by Gasteiger charge is 2.12. The molecule has 0 aliphatic rings. The zero-order valence-corrected chi connectivity index (χ0v) is 11.3. The van der Waals surface area contributed by atoms with Crippen LogP contribution in [0.4, 0.5) is 0 Å². The van der Waals surface area contributed by atoms with Gasteiger partial charge in [0.15, 0.2) is 0 Å². The zero-order valence-electron chi connectivity index (χ0n) is 11.3. The molecule has 1 heterocycles. The van der Waals surface area contributed by atoms with Gasteiger partial charge < -0.3 is 10.4 Å². The van der Waals surface area contributed by atoms with Gasteiger partial charge in [-0.05, 0) is 31.4 Å². The number of hydrogen-bond acceptors (Lipinski definition) is 3. The predicted octanol–water partition coefficient (Wildman–Crippen LogP) is 2.69. The SMILES string of the molecule is CCC(C)CC(C)NCc1ncccc1C(=O)O. The number of aromatic nitrogens is 1. The molecule has 1 aromatic rings. The summed E-state index contributed by atoms with van der Waals surface area (Å²) in [5.74, 6) is -0.246. The highest BCUT2D eigenvalue weighted by Crippen LogP contribution is 2.11. The van der Waals surface area contributed by atoms with Gasteiger partial charge in [0.2, 0.25) is 0 Å². The molecule has 1 aromatic heterocycles. The number of carboxylic acids is 1. The topological polar surface area (TPSA) is 62.2 Å². The van der Waals surface area contributed by atoms with Crippen LogP contribution in [-0.2, 0) is 6.54 Å². The Balaban J connectivity index is 2.55. The standard InChI is InChI=1S/C14H22N2O2/c1-4-10(2)8-11(3)16-9-13-12(14(17)18)6-5-7-15-13/h5-7,10-11,16H,4,8-9H2,1-3H3,(H,17,18). The number of carboxylic acid groups (broad SMARTS) is 1. The number of rotatable bonds is 7. The number of carbonyl (C=O) groups is 1. The van der Waals surface area contributed by atoms with Crippen molar-refractivity contribution < 1.29 is 9.90 Å². The van der Waals surface area contributed by atoms with Crippen molar-refractivity contribution in [2.45, 2.75) is 46.2 Å². The molecule has 0 saturated carbocycles. The van der Waals surface area contributed by atoms with E-state index in [1.54, 1.807) is 18.3 Å². The summed E-state index contributed by atoms with van der Waals surface area (Å²) in [5.41, 5.74) is 0.877.